The fraction of sp³-hybridized carbons (Fsp3) is 0.300. The average Bonchev–Trinajstić information content (AvgIpc) is 2.15. The van der Waals surface area contributed by atoms with Gasteiger partial charge in [-0.2, -0.15) is 13.2 Å². The summed E-state index contributed by atoms with van der Waals surface area (Å²) < 4.78 is 36.9. The second-order valence-corrected chi connectivity index (χ2v) is 4.59. The van der Waals surface area contributed by atoms with Crippen LogP contribution in [0.3, 0.4) is 0 Å². The highest BCUT2D eigenvalue weighted by molar-refractivity contribution is 8.00. The summed E-state index contributed by atoms with van der Waals surface area (Å²) in [4.78, 5) is 11.3. The molecule has 0 saturated heterocycles. The number of carbonyl (C=O) groups excluding carboxylic acids is 1. The Morgan fingerprint density at radius 1 is 1.47 bits per heavy atom. The van der Waals surface area contributed by atoms with Crippen LogP contribution in [0, 0.1) is 0 Å². The molecule has 1 aromatic carbocycles. The molecule has 1 N–H and O–H groups in total. The molecule has 0 atom stereocenters. The number of nitrogens with one attached hydrogen (secondary N) is 1. The maximum absolute atomic E-state index is 12.3. The molecule has 1 rings (SSSR count). The maximum atomic E-state index is 12.3. The summed E-state index contributed by atoms with van der Waals surface area (Å²) in [5.74, 6) is -0.545. The number of benzene rings is 1. The fourth-order valence-corrected chi connectivity index (χ4v) is 2.09. The highest BCUT2D eigenvalue weighted by Crippen LogP contribution is 2.39. The molecule has 17 heavy (non-hydrogen) atoms. The Balaban J connectivity index is 3.08. The monoisotopic (exact) mass is 283 g/mol. The van der Waals surface area contributed by atoms with Gasteiger partial charge in [0.25, 0.3) is 5.91 Å². The molecule has 1 aromatic rings. The van der Waals surface area contributed by atoms with E-state index in [1.54, 1.807) is 6.92 Å². The van der Waals surface area contributed by atoms with Crippen LogP contribution in [0.15, 0.2) is 23.1 Å². The Kier molecular flexibility index (Phi) is 4.70. The zero-order valence-electron chi connectivity index (χ0n) is 8.77. The predicted molar refractivity (Wildman–Crippen MR) is 61.4 cm³/mol. The third-order valence-corrected chi connectivity index (χ3v) is 2.78. The van der Waals surface area contributed by atoms with Crippen molar-refractivity contribution in [2.24, 2.45) is 0 Å². The van der Waals surface area contributed by atoms with E-state index >= 15 is 0 Å². The lowest BCUT2D eigenvalue weighted by Gasteiger charge is -2.11. The molecule has 2 nitrogen and oxygen atoms in total. The minimum Gasteiger partial charge on any atom is -0.352 e. The Bertz CT molecular complexity index is 423. The molecular weight excluding hydrogens is 275 g/mol. The largest absolute Gasteiger partial charge is 0.446 e. The Labute approximate surface area is 106 Å². The third-order valence-electron chi connectivity index (χ3n) is 1.75. The summed E-state index contributed by atoms with van der Waals surface area (Å²) in [6.07, 6.45) is 0. The van der Waals surface area contributed by atoms with Crippen LogP contribution in [0.4, 0.5) is 13.2 Å². The van der Waals surface area contributed by atoms with E-state index < -0.39 is 11.4 Å². The fourth-order valence-electron chi connectivity index (χ4n) is 1.15. The van der Waals surface area contributed by atoms with Crippen molar-refractivity contribution >= 4 is 29.3 Å². The van der Waals surface area contributed by atoms with Gasteiger partial charge in [0.2, 0.25) is 0 Å². The topological polar surface area (TPSA) is 29.1 Å². The van der Waals surface area contributed by atoms with Crippen LogP contribution in [0.2, 0.25) is 5.02 Å². The predicted octanol–water partition coefficient (Wildman–Crippen LogP) is 3.70. The Morgan fingerprint density at radius 2 is 2.12 bits per heavy atom. The van der Waals surface area contributed by atoms with Gasteiger partial charge in [0.1, 0.15) is 0 Å². The molecule has 0 fully saturated rings. The number of carbonyl (C=O) groups is 1. The number of rotatable bonds is 3. The SMILES string of the molecule is CCNC(=O)c1ccc(Cl)cc1SC(F)(F)F. The number of amides is 1. The Morgan fingerprint density at radius 3 is 2.65 bits per heavy atom. The van der Waals surface area contributed by atoms with Gasteiger partial charge in [0.05, 0.1) is 5.56 Å². The second kappa shape index (κ2) is 5.64. The van der Waals surface area contributed by atoms with Crippen LogP contribution in [0.5, 0.6) is 0 Å². The second-order valence-electron chi connectivity index (χ2n) is 3.05. The first-order chi connectivity index (χ1) is 7.83. The van der Waals surface area contributed by atoms with Crippen molar-refractivity contribution < 1.29 is 18.0 Å². The molecular formula is C10H9ClF3NOS. The standard InChI is InChI=1S/C10H9ClF3NOS/c1-2-15-9(16)7-4-3-6(11)5-8(7)17-10(12,13)14/h3-5H,2H2,1H3,(H,15,16). The molecule has 0 radical (unpaired) electrons. The highest BCUT2D eigenvalue weighted by atomic mass is 35.5. The zero-order valence-corrected chi connectivity index (χ0v) is 10.3. The smallest absolute Gasteiger partial charge is 0.352 e. The van der Waals surface area contributed by atoms with Crippen LogP contribution < -0.4 is 5.32 Å². The molecule has 7 heteroatoms. The van der Waals surface area contributed by atoms with Crippen molar-refractivity contribution in [3.63, 3.8) is 0 Å². The molecule has 0 heterocycles. The van der Waals surface area contributed by atoms with E-state index in [9.17, 15) is 18.0 Å². The highest BCUT2D eigenvalue weighted by Gasteiger charge is 2.31. The molecule has 0 aliphatic heterocycles. The van der Waals surface area contributed by atoms with E-state index in [1.165, 1.54) is 12.1 Å². The van der Waals surface area contributed by atoms with Crippen molar-refractivity contribution in [2.45, 2.75) is 17.3 Å². The van der Waals surface area contributed by atoms with E-state index in [-0.39, 0.29) is 27.2 Å². The zero-order chi connectivity index (χ0) is 13.1. The number of thioether (sulfide) groups is 1. The van der Waals surface area contributed by atoms with Crippen LogP contribution in [-0.4, -0.2) is 18.0 Å². The van der Waals surface area contributed by atoms with Gasteiger partial charge in [-0.1, -0.05) is 11.6 Å². The van der Waals surface area contributed by atoms with Gasteiger partial charge >= 0.3 is 5.51 Å². The molecule has 0 unspecified atom stereocenters. The summed E-state index contributed by atoms with van der Waals surface area (Å²) in [5.41, 5.74) is -4.48. The van der Waals surface area contributed by atoms with E-state index in [0.717, 1.165) is 6.07 Å². The summed E-state index contributed by atoms with van der Waals surface area (Å²) in [6, 6.07) is 3.79. The molecule has 0 aliphatic carbocycles. The van der Waals surface area contributed by atoms with Gasteiger partial charge in [-0.25, -0.2) is 0 Å². The van der Waals surface area contributed by atoms with Gasteiger partial charge < -0.3 is 5.32 Å². The van der Waals surface area contributed by atoms with Crippen molar-refractivity contribution in [3.8, 4) is 0 Å². The minimum atomic E-state index is -4.45. The first-order valence-electron chi connectivity index (χ1n) is 4.67. The van der Waals surface area contributed by atoms with Gasteiger partial charge in [-0.3, -0.25) is 4.79 Å². The van der Waals surface area contributed by atoms with Crippen LogP contribution in [0.1, 0.15) is 17.3 Å². The van der Waals surface area contributed by atoms with Gasteiger partial charge in [-0.05, 0) is 36.9 Å². The third kappa shape index (κ3) is 4.47. The summed E-state index contributed by atoms with van der Waals surface area (Å²) in [6.45, 7) is 2.03. The van der Waals surface area contributed by atoms with Crippen molar-refractivity contribution in [1.82, 2.24) is 5.32 Å². The van der Waals surface area contributed by atoms with Crippen LogP contribution in [0.25, 0.3) is 0 Å². The summed E-state index contributed by atoms with van der Waals surface area (Å²) >= 11 is 5.27. The normalized spacial score (nSPS) is 11.4. The van der Waals surface area contributed by atoms with Crippen LogP contribution >= 0.6 is 23.4 Å². The van der Waals surface area contributed by atoms with E-state index in [1.807, 2.05) is 0 Å². The van der Waals surface area contributed by atoms with Crippen molar-refractivity contribution in [1.29, 1.82) is 0 Å². The molecule has 0 bridgehead atoms. The number of halogens is 4. The number of alkyl halides is 3. The summed E-state index contributed by atoms with van der Waals surface area (Å²) in [5, 5.41) is 2.60. The number of hydrogen-bond acceptors (Lipinski definition) is 2. The Hall–Kier alpha value is -0.880. The van der Waals surface area contributed by atoms with Crippen molar-refractivity contribution in [2.75, 3.05) is 6.54 Å². The lowest BCUT2D eigenvalue weighted by Crippen LogP contribution is -2.23. The lowest BCUT2D eigenvalue weighted by atomic mass is 10.2. The van der Waals surface area contributed by atoms with E-state index in [4.69, 9.17) is 11.6 Å². The van der Waals surface area contributed by atoms with Gasteiger partial charge in [-0.15, -0.1) is 0 Å². The molecule has 1 amide bonds. The quantitative estimate of drug-likeness (QED) is 0.857. The van der Waals surface area contributed by atoms with E-state index in [0.29, 0.717) is 6.54 Å². The van der Waals surface area contributed by atoms with Gasteiger partial charge in [0.15, 0.2) is 0 Å². The lowest BCUT2D eigenvalue weighted by molar-refractivity contribution is -0.0328. The maximum Gasteiger partial charge on any atom is 0.446 e. The van der Waals surface area contributed by atoms with Crippen LogP contribution in [-0.2, 0) is 0 Å². The number of hydrogen-bond donors (Lipinski definition) is 1. The van der Waals surface area contributed by atoms with Crippen molar-refractivity contribution in [3.05, 3.63) is 28.8 Å². The first-order valence-corrected chi connectivity index (χ1v) is 5.86. The molecule has 0 aromatic heterocycles. The molecule has 0 aliphatic rings. The van der Waals surface area contributed by atoms with E-state index in [2.05, 4.69) is 5.32 Å². The van der Waals surface area contributed by atoms with Gasteiger partial charge in [0, 0.05) is 16.5 Å². The molecule has 0 saturated carbocycles. The average molecular weight is 284 g/mol. The molecule has 94 valence electrons. The summed E-state index contributed by atoms with van der Waals surface area (Å²) in [7, 11) is 0. The first kappa shape index (κ1) is 14.2. The minimum absolute atomic E-state index is 0.0291. The molecule has 0 spiro atoms.